The lowest BCUT2D eigenvalue weighted by atomic mass is 10.1. The predicted molar refractivity (Wildman–Crippen MR) is 70.8 cm³/mol. The predicted octanol–water partition coefficient (Wildman–Crippen LogP) is 1.43. The van der Waals surface area contributed by atoms with Gasteiger partial charge in [0.1, 0.15) is 5.15 Å². The standard InChI is InChI=1S/C12H19ClN4O/c1-3-17-11(13)10(8(2)15-17)12(18)16-6-4-5-9(14)7-16/h9H,3-7,14H2,1-2H3/t9-/m1/s1. The van der Waals surface area contributed by atoms with E-state index in [4.69, 9.17) is 17.3 Å². The largest absolute Gasteiger partial charge is 0.337 e. The van der Waals surface area contributed by atoms with Crippen molar-refractivity contribution in [3.63, 3.8) is 0 Å². The fraction of sp³-hybridized carbons (Fsp3) is 0.667. The van der Waals surface area contributed by atoms with E-state index in [1.54, 1.807) is 9.58 Å². The van der Waals surface area contributed by atoms with Crippen molar-refractivity contribution in [1.29, 1.82) is 0 Å². The molecule has 1 aromatic heterocycles. The van der Waals surface area contributed by atoms with Crippen LogP contribution in [0.3, 0.4) is 0 Å². The Balaban J connectivity index is 2.25. The van der Waals surface area contributed by atoms with Gasteiger partial charge in [0, 0.05) is 25.7 Å². The van der Waals surface area contributed by atoms with E-state index in [0.29, 0.717) is 29.5 Å². The third kappa shape index (κ3) is 2.37. The average Bonchev–Trinajstić information content (AvgIpc) is 2.63. The maximum atomic E-state index is 12.4. The number of carbonyl (C=O) groups excluding carboxylic acids is 1. The van der Waals surface area contributed by atoms with E-state index in [1.807, 2.05) is 13.8 Å². The minimum atomic E-state index is -0.0487. The summed E-state index contributed by atoms with van der Waals surface area (Å²) >= 11 is 6.20. The van der Waals surface area contributed by atoms with Gasteiger partial charge in [-0.1, -0.05) is 11.6 Å². The number of piperidine rings is 1. The van der Waals surface area contributed by atoms with Crippen LogP contribution in [0.2, 0.25) is 5.15 Å². The van der Waals surface area contributed by atoms with Crippen molar-refractivity contribution in [2.24, 2.45) is 5.73 Å². The van der Waals surface area contributed by atoms with Gasteiger partial charge in [0.05, 0.1) is 11.3 Å². The van der Waals surface area contributed by atoms with Crippen LogP contribution in [0.4, 0.5) is 0 Å². The lowest BCUT2D eigenvalue weighted by Crippen LogP contribution is -2.45. The number of aryl methyl sites for hydroxylation is 2. The van der Waals surface area contributed by atoms with E-state index >= 15 is 0 Å². The van der Waals surface area contributed by atoms with Gasteiger partial charge in [-0.15, -0.1) is 0 Å². The molecule has 100 valence electrons. The van der Waals surface area contributed by atoms with Crippen molar-refractivity contribution in [2.45, 2.75) is 39.3 Å². The van der Waals surface area contributed by atoms with Gasteiger partial charge in [-0.25, -0.2) is 0 Å². The molecule has 0 spiro atoms. The third-order valence-corrected chi connectivity index (χ3v) is 3.71. The van der Waals surface area contributed by atoms with Crippen LogP contribution < -0.4 is 5.73 Å². The first kappa shape index (κ1) is 13.4. The maximum Gasteiger partial charge on any atom is 0.258 e. The number of likely N-dealkylation sites (tertiary alicyclic amines) is 1. The molecule has 1 atom stereocenters. The van der Waals surface area contributed by atoms with Gasteiger partial charge in [-0.2, -0.15) is 5.10 Å². The number of halogens is 1. The summed E-state index contributed by atoms with van der Waals surface area (Å²) in [5.41, 5.74) is 7.11. The third-order valence-electron chi connectivity index (χ3n) is 3.32. The number of hydrogen-bond donors (Lipinski definition) is 1. The highest BCUT2D eigenvalue weighted by Crippen LogP contribution is 2.23. The summed E-state index contributed by atoms with van der Waals surface area (Å²) in [7, 11) is 0. The molecule has 0 saturated carbocycles. The van der Waals surface area contributed by atoms with E-state index in [9.17, 15) is 4.79 Å². The summed E-state index contributed by atoms with van der Waals surface area (Å²) in [4.78, 5) is 14.2. The smallest absolute Gasteiger partial charge is 0.258 e. The second-order valence-corrected chi connectivity index (χ2v) is 5.08. The highest BCUT2D eigenvalue weighted by Gasteiger charge is 2.27. The van der Waals surface area contributed by atoms with Crippen LogP contribution in [0.25, 0.3) is 0 Å². The summed E-state index contributed by atoms with van der Waals surface area (Å²) in [5.74, 6) is -0.0487. The molecule has 0 bridgehead atoms. The lowest BCUT2D eigenvalue weighted by Gasteiger charge is -2.30. The maximum absolute atomic E-state index is 12.4. The van der Waals surface area contributed by atoms with E-state index in [-0.39, 0.29) is 11.9 Å². The summed E-state index contributed by atoms with van der Waals surface area (Å²) in [5, 5.41) is 4.70. The van der Waals surface area contributed by atoms with Gasteiger partial charge in [0.15, 0.2) is 0 Å². The van der Waals surface area contributed by atoms with Gasteiger partial charge in [-0.3, -0.25) is 9.48 Å². The van der Waals surface area contributed by atoms with Crippen molar-refractivity contribution in [3.8, 4) is 0 Å². The monoisotopic (exact) mass is 270 g/mol. The molecule has 0 aliphatic carbocycles. The Morgan fingerprint density at radius 1 is 1.61 bits per heavy atom. The molecule has 5 nitrogen and oxygen atoms in total. The molecule has 1 aromatic rings. The molecule has 0 radical (unpaired) electrons. The number of amides is 1. The first-order chi connectivity index (χ1) is 8.54. The van der Waals surface area contributed by atoms with Gasteiger partial charge < -0.3 is 10.6 Å². The van der Waals surface area contributed by atoms with Crippen molar-refractivity contribution in [3.05, 3.63) is 16.4 Å². The zero-order valence-corrected chi connectivity index (χ0v) is 11.6. The minimum Gasteiger partial charge on any atom is -0.337 e. The van der Waals surface area contributed by atoms with E-state index in [0.717, 1.165) is 19.4 Å². The van der Waals surface area contributed by atoms with Crippen molar-refractivity contribution in [1.82, 2.24) is 14.7 Å². The fourth-order valence-corrected chi connectivity index (χ4v) is 2.73. The molecule has 1 fully saturated rings. The van der Waals surface area contributed by atoms with Crippen LogP contribution in [0.1, 0.15) is 35.8 Å². The SMILES string of the molecule is CCn1nc(C)c(C(=O)N2CCC[C@@H](N)C2)c1Cl. The number of nitrogens with zero attached hydrogens (tertiary/aromatic N) is 3. The summed E-state index contributed by atoms with van der Waals surface area (Å²) in [6, 6.07) is 0.0722. The summed E-state index contributed by atoms with van der Waals surface area (Å²) < 4.78 is 1.65. The van der Waals surface area contributed by atoms with Crippen LogP contribution in [-0.4, -0.2) is 39.7 Å². The molecule has 1 aliphatic heterocycles. The van der Waals surface area contributed by atoms with Crippen LogP contribution in [0.5, 0.6) is 0 Å². The van der Waals surface area contributed by atoms with Crippen molar-refractivity contribution >= 4 is 17.5 Å². The van der Waals surface area contributed by atoms with E-state index in [1.165, 1.54) is 0 Å². The molecular weight excluding hydrogens is 252 g/mol. The quantitative estimate of drug-likeness (QED) is 0.884. The molecule has 1 saturated heterocycles. The van der Waals surface area contributed by atoms with Crippen molar-refractivity contribution in [2.75, 3.05) is 13.1 Å². The van der Waals surface area contributed by atoms with Gasteiger partial charge in [-0.05, 0) is 26.7 Å². The Kier molecular flexibility index (Phi) is 3.92. The minimum absolute atomic E-state index is 0.0487. The molecule has 1 aliphatic rings. The van der Waals surface area contributed by atoms with Crippen LogP contribution in [0.15, 0.2) is 0 Å². The Morgan fingerprint density at radius 2 is 2.33 bits per heavy atom. The number of aromatic nitrogens is 2. The Labute approximate surface area is 112 Å². The zero-order valence-electron chi connectivity index (χ0n) is 10.8. The molecule has 18 heavy (non-hydrogen) atoms. The molecule has 0 unspecified atom stereocenters. The fourth-order valence-electron chi connectivity index (χ4n) is 2.36. The van der Waals surface area contributed by atoms with Crippen molar-refractivity contribution < 1.29 is 4.79 Å². The molecule has 1 amide bonds. The highest BCUT2D eigenvalue weighted by atomic mass is 35.5. The van der Waals surface area contributed by atoms with Crippen LogP contribution >= 0.6 is 11.6 Å². The highest BCUT2D eigenvalue weighted by molar-refractivity contribution is 6.33. The van der Waals surface area contributed by atoms with Crippen LogP contribution in [0, 0.1) is 6.92 Å². The second kappa shape index (κ2) is 5.28. The first-order valence-corrected chi connectivity index (χ1v) is 6.70. The molecule has 2 heterocycles. The normalized spacial score (nSPS) is 20.2. The van der Waals surface area contributed by atoms with Crippen LogP contribution in [-0.2, 0) is 6.54 Å². The topological polar surface area (TPSA) is 64.2 Å². The number of hydrogen-bond acceptors (Lipinski definition) is 3. The zero-order chi connectivity index (χ0) is 13.3. The van der Waals surface area contributed by atoms with Gasteiger partial charge >= 0.3 is 0 Å². The van der Waals surface area contributed by atoms with E-state index in [2.05, 4.69) is 5.10 Å². The Bertz CT molecular complexity index is 457. The molecule has 2 N–H and O–H groups in total. The van der Waals surface area contributed by atoms with Gasteiger partial charge in [0.2, 0.25) is 0 Å². The van der Waals surface area contributed by atoms with Gasteiger partial charge in [0.25, 0.3) is 5.91 Å². The second-order valence-electron chi connectivity index (χ2n) is 4.72. The number of carbonyl (C=O) groups is 1. The molecular formula is C12H19ClN4O. The molecule has 6 heteroatoms. The average molecular weight is 271 g/mol. The molecule has 2 rings (SSSR count). The lowest BCUT2D eigenvalue weighted by molar-refractivity contribution is 0.0708. The Morgan fingerprint density at radius 3 is 2.89 bits per heavy atom. The number of nitrogens with two attached hydrogens (primary N) is 1. The molecule has 0 aromatic carbocycles. The summed E-state index contributed by atoms with van der Waals surface area (Å²) in [6.45, 7) is 5.77. The first-order valence-electron chi connectivity index (χ1n) is 6.32. The number of rotatable bonds is 2. The van der Waals surface area contributed by atoms with E-state index < -0.39 is 0 Å². The Hall–Kier alpha value is -1.07. The summed E-state index contributed by atoms with van der Waals surface area (Å²) in [6.07, 6.45) is 1.93.